The third kappa shape index (κ3) is 7.40. The molecule has 0 heterocycles. The second-order valence-corrected chi connectivity index (χ2v) is 12.4. The summed E-state index contributed by atoms with van der Waals surface area (Å²) in [6, 6.07) is 23.9. The van der Waals surface area contributed by atoms with Crippen molar-refractivity contribution >= 4 is 13.9 Å². The molecule has 0 radical (unpaired) electrons. The predicted octanol–water partition coefficient (Wildman–Crippen LogP) is 7.09. The Labute approximate surface area is 214 Å². The van der Waals surface area contributed by atoms with E-state index in [9.17, 15) is 0 Å². The minimum atomic E-state index is -0.0572. The van der Waals surface area contributed by atoms with Crippen LogP contribution in [0.25, 0.3) is 0 Å². The molecule has 3 aromatic rings. The molecule has 0 amide bonds. The maximum Gasteiger partial charge on any atom is 0.188 e. The molecule has 2 atom stereocenters. The average Bonchev–Trinajstić information content (AvgIpc) is 2.83. The lowest BCUT2D eigenvalue weighted by atomic mass is 9.92. The first-order valence-electron chi connectivity index (χ1n) is 12.6. The van der Waals surface area contributed by atoms with Gasteiger partial charge >= 0.3 is 0 Å². The van der Waals surface area contributed by atoms with Gasteiger partial charge in [0.2, 0.25) is 0 Å². The van der Waals surface area contributed by atoms with Crippen molar-refractivity contribution in [3.63, 3.8) is 0 Å². The SMILES string of the molecule is CCC(C)(Pc1c(C)cccc1CNC(C)(C)C)c1cccc(Cc2ccccc2)c1OCOC. The standard InChI is InChI=1S/C31H42NO2P/c1-8-31(6,35-29-23(2)14-12-18-26(29)21-32-30(3,4)5)27-19-13-17-25(28(27)34-22-33-7)20-24-15-10-9-11-16-24/h9-19,32,35H,8,20-22H2,1-7H3. The van der Waals surface area contributed by atoms with Crippen LogP contribution >= 0.6 is 8.58 Å². The molecule has 2 unspecified atom stereocenters. The van der Waals surface area contributed by atoms with Crippen molar-refractivity contribution < 1.29 is 9.47 Å². The molecular weight excluding hydrogens is 449 g/mol. The number of benzene rings is 3. The summed E-state index contributed by atoms with van der Waals surface area (Å²) in [5, 5.41) is 5.09. The summed E-state index contributed by atoms with van der Waals surface area (Å²) in [4.78, 5) is 0. The largest absolute Gasteiger partial charge is 0.467 e. The first kappa shape index (κ1) is 27.4. The monoisotopic (exact) mass is 491 g/mol. The zero-order valence-corrected chi connectivity index (χ0v) is 23.5. The highest BCUT2D eigenvalue weighted by molar-refractivity contribution is 7.48. The Balaban J connectivity index is 2.03. The van der Waals surface area contributed by atoms with Gasteiger partial charge in [0.25, 0.3) is 0 Å². The number of nitrogens with one attached hydrogen (secondary N) is 1. The van der Waals surface area contributed by atoms with E-state index in [1.165, 1.54) is 33.1 Å². The molecule has 3 rings (SSSR count). The molecule has 35 heavy (non-hydrogen) atoms. The van der Waals surface area contributed by atoms with Crippen LogP contribution in [0.5, 0.6) is 5.75 Å². The molecule has 1 N–H and O–H groups in total. The van der Waals surface area contributed by atoms with E-state index in [1.54, 1.807) is 7.11 Å². The van der Waals surface area contributed by atoms with Crippen LogP contribution < -0.4 is 15.4 Å². The lowest BCUT2D eigenvalue weighted by Gasteiger charge is -2.33. The zero-order valence-electron chi connectivity index (χ0n) is 22.5. The molecule has 0 spiro atoms. The molecule has 0 aliphatic heterocycles. The third-order valence-corrected chi connectivity index (χ3v) is 8.67. The normalized spacial score (nSPS) is 13.8. The quantitative estimate of drug-likeness (QED) is 0.230. The van der Waals surface area contributed by atoms with E-state index in [0.29, 0.717) is 8.58 Å². The Morgan fingerprint density at radius 1 is 0.857 bits per heavy atom. The van der Waals surface area contributed by atoms with E-state index in [-0.39, 0.29) is 17.5 Å². The highest BCUT2D eigenvalue weighted by atomic mass is 31.1. The van der Waals surface area contributed by atoms with Gasteiger partial charge < -0.3 is 14.8 Å². The summed E-state index contributed by atoms with van der Waals surface area (Å²) < 4.78 is 11.6. The van der Waals surface area contributed by atoms with Crippen molar-refractivity contribution in [2.24, 2.45) is 0 Å². The summed E-state index contributed by atoms with van der Waals surface area (Å²) in [5.74, 6) is 0.970. The van der Waals surface area contributed by atoms with Gasteiger partial charge in [0.05, 0.1) is 0 Å². The average molecular weight is 492 g/mol. The van der Waals surface area contributed by atoms with E-state index in [4.69, 9.17) is 9.47 Å². The molecule has 3 nitrogen and oxygen atoms in total. The molecule has 0 fully saturated rings. The number of para-hydroxylation sites is 1. The Bertz CT molecular complexity index is 1090. The van der Waals surface area contributed by atoms with E-state index >= 15 is 0 Å². The van der Waals surface area contributed by atoms with Gasteiger partial charge in [-0.2, -0.15) is 0 Å². The van der Waals surface area contributed by atoms with E-state index in [2.05, 4.69) is 114 Å². The molecule has 0 saturated carbocycles. The molecule has 0 aliphatic rings. The zero-order chi connectivity index (χ0) is 25.5. The first-order valence-corrected chi connectivity index (χ1v) is 13.6. The molecule has 0 aliphatic carbocycles. The van der Waals surface area contributed by atoms with Gasteiger partial charge in [-0.05, 0) is 61.7 Å². The van der Waals surface area contributed by atoms with E-state index in [0.717, 1.165) is 25.1 Å². The molecule has 0 bridgehead atoms. The van der Waals surface area contributed by atoms with Crippen LogP contribution in [0.2, 0.25) is 0 Å². The summed E-state index contributed by atoms with van der Waals surface area (Å²) in [6.45, 7) is 14.7. The fourth-order valence-electron chi connectivity index (χ4n) is 4.30. The fraction of sp³-hybridized carbons (Fsp3) is 0.419. The Hall–Kier alpha value is -2.19. The number of aryl methyl sites for hydroxylation is 1. The number of ether oxygens (including phenoxy) is 2. The van der Waals surface area contributed by atoms with Crippen molar-refractivity contribution in [2.45, 2.75) is 71.6 Å². The van der Waals surface area contributed by atoms with Gasteiger partial charge in [-0.15, -0.1) is 0 Å². The Morgan fingerprint density at radius 3 is 2.20 bits per heavy atom. The number of hydrogen-bond acceptors (Lipinski definition) is 3. The Kier molecular flexibility index (Phi) is 9.53. The topological polar surface area (TPSA) is 30.5 Å². The molecule has 0 saturated heterocycles. The van der Waals surface area contributed by atoms with Crippen LogP contribution in [0.4, 0.5) is 0 Å². The van der Waals surface area contributed by atoms with E-state index < -0.39 is 0 Å². The van der Waals surface area contributed by atoms with Crippen molar-refractivity contribution in [1.29, 1.82) is 0 Å². The number of rotatable bonds is 11. The molecular formula is C31H42NO2P. The summed E-state index contributed by atoms with van der Waals surface area (Å²) in [6.07, 6.45) is 1.85. The van der Waals surface area contributed by atoms with Crippen LogP contribution in [0.1, 0.15) is 68.9 Å². The van der Waals surface area contributed by atoms with Crippen LogP contribution in [0.15, 0.2) is 66.7 Å². The van der Waals surface area contributed by atoms with Gasteiger partial charge in [0.1, 0.15) is 5.75 Å². The van der Waals surface area contributed by atoms with Gasteiger partial charge in [0, 0.05) is 36.3 Å². The van der Waals surface area contributed by atoms with Gasteiger partial charge in [-0.3, -0.25) is 0 Å². The summed E-state index contributed by atoms with van der Waals surface area (Å²) >= 11 is 0. The van der Waals surface area contributed by atoms with E-state index in [1.807, 2.05) is 0 Å². The summed E-state index contributed by atoms with van der Waals surface area (Å²) in [5.41, 5.74) is 6.57. The predicted molar refractivity (Wildman–Crippen MR) is 152 cm³/mol. The van der Waals surface area contributed by atoms with Crippen molar-refractivity contribution in [3.05, 3.63) is 94.5 Å². The number of methoxy groups -OCH3 is 1. The minimum absolute atomic E-state index is 0.0572. The third-order valence-electron chi connectivity index (χ3n) is 6.53. The molecule has 0 aromatic heterocycles. The van der Waals surface area contributed by atoms with Crippen LogP contribution in [0.3, 0.4) is 0 Å². The lowest BCUT2D eigenvalue weighted by Crippen LogP contribution is -2.36. The van der Waals surface area contributed by atoms with Crippen molar-refractivity contribution in [2.75, 3.05) is 13.9 Å². The smallest absolute Gasteiger partial charge is 0.188 e. The Morgan fingerprint density at radius 2 is 1.54 bits per heavy atom. The van der Waals surface area contributed by atoms with Crippen LogP contribution in [-0.2, 0) is 22.9 Å². The lowest BCUT2D eigenvalue weighted by molar-refractivity contribution is 0.0494. The maximum atomic E-state index is 6.30. The summed E-state index contributed by atoms with van der Waals surface area (Å²) in [7, 11) is 2.30. The van der Waals surface area contributed by atoms with Crippen molar-refractivity contribution in [3.8, 4) is 5.75 Å². The van der Waals surface area contributed by atoms with Crippen LogP contribution in [0, 0.1) is 6.92 Å². The number of hydrogen-bond donors (Lipinski definition) is 1. The van der Waals surface area contributed by atoms with Gasteiger partial charge in [-0.25, -0.2) is 0 Å². The molecule has 188 valence electrons. The second kappa shape index (κ2) is 12.2. The maximum absolute atomic E-state index is 6.30. The van der Waals surface area contributed by atoms with Crippen molar-refractivity contribution in [1.82, 2.24) is 5.32 Å². The first-order chi connectivity index (χ1) is 16.7. The highest BCUT2D eigenvalue weighted by Crippen LogP contribution is 2.49. The van der Waals surface area contributed by atoms with Gasteiger partial charge in [-0.1, -0.05) is 89.2 Å². The highest BCUT2D eigenvalue weighted by Gasteiger charge is 2.31. The fourth-order valence-corrected chi connectivity index (χ4v) is 5.97. The molecule has 3 aromatic carbocycles. The van der Waals surface area contributed by atoms with Gasteiger partial charge in [0.15, 0.2) is 6.79 Å². The minimum Gasteiger partial charge on any atom is -0.467 e. The second-order valence-electron chi connectivity index (χ2n) is 10.5. The van der Waals surface area contributed by atoms with Crippen LogP contribution in [-0.4, -0.2) is 19.4 Å². The molecule has 4 heteroatoms.